The highest BCUT2D eigenvalue weighted by molar-refractivity contribution is 5.85. The van der Waals surface area contributed by atoms with Gasteiger partial charge in [0, 0.05) is 26.2 Å². The Morgan fingerprint density at radius 2 is 1.89 bits per heavy atom. The van der Waals surface area contributed by atoms with Crippen molar-refractivity contribution in [3.8, 4) is 0 Å². The van der Waals surface area contributed by atoms with Gasteiger partial charge in [0.1, 0.15) is 0 Å². The predicted molar refractivity (Wildman–Crippen MR) is 80.0 cm³/mol. The molecule has 0 unspecified atom stereocenters. The van der Waals surface area contributed by atoms with E-state index in [0.717, 1.165) is 19.6 Å². The topological polar surface area (TPSA) is 29.3 Å². The van der Waals surface area contributed by atoms with Crippen molar-refractivity contribution < 1.29 is 0 Å². The lowest BCUT2D eigenvalue weighted by atomic mass is 9.70. The summed E-state index contributed by atoms with van der Waals surface area (Å²) in [5.41, 5.74) is 7.66. The molecule has 0 radical (unpaired) electrons. The molecule has 2 nitrogen and oxygen atoms in total. The van der Waals surface area contributed by atoms with E-state index in [2.05, 4.69) is 42.2 Å². The van der Waals surface area contributed by atoms with E-state index in [0.29, 0.717) is 5.41 Å². The first-order valence-corrected chi connectivity index (χ1v) is 6.68. The molecule has 0 atom stereocenters. The van der Waals surface area contributed by atoms with E-state index in [-0.39, 0.29) is 12.4 Å². The molecule has 1 aromatic rings. The van der Waals surface area contributed by atoms with Gasteiger partial charge in [0.15, 0.2) is 0 Å². The van der Waals surface area contributed by atoms with Gasteiger partial charge in [-0.1, -0.05) is 43.7 Å². The van der Waals surface area contributed by atoms with E-state index in [1.54, 1.807) is 0 Å². The molecular weight excluding hydrogens is 244 g/mol. The molecule has 0 heterocycles. The second-order valence-electron chi connectivity index (χ2n) is 5.65. The molecule has 0 spiro atoms. The van der Waals surface area contributed by atoms with Crippen LogP contribution in [0, 0.1) is 5.41 Å². The van der Waals surface area contributed by atoms with E-state index in [4.69, 9.17) is 5.73 Å². The summed E-state index contributed by atoms with van der Waals surface area (Å²) in [6.45, 7) is 6.39. The SMILES string of the molecule is CC1(CN(CCN)Cc2ccccc2)CCC1.Cl. The minimum absolute atomic E-state index is 0. The third kappa shape index (κ3) is 4.27. The molecule has 1 aromatic carbocycles. The minimum atomic E-state index is 0. The Hall–Kier alpha value is -0.570. The molecule has 0 saturated heterocycles. The van der Waals surface area contributed by atoms with Crippen molar-refractivity contribution >= 4 is 12.4 Å². The lowest BCUT2D eigenvalue weighted by Gasteiger charge is -2.42. The number of benzene rings is 1. The Bertz CT molecular complexity index is 336. The summed E-state index contributed by atoms with van der Waals surface area (Å²) in [6, 6.07) is 10.7. The molecule has 0 bridgehead atoms. The standard InChI is InChI=1S/C15H24N2.ClH/c1-15(8-5-9-15)13-17(11-10-16)12-14-6-3-2-4-7-14;/h2-4,6-7H,5,8-13,16H2,1H3;1H. The zero-order valence-electron chi connectivity index (χ0n) is 11.3. The van der Waals surface area contributed by atoms with Crippen molar-refractivity contribution in [2.45, 2.75) is 32.7 Å². The smallest absolute Gasteiger partial charge is 0.0234 e. The number of rotatable bonds is 6. The van der Waals surface area contributed by atoms with Crippen molar-refractivity contribution in [2.75, 3.05) is 19.6 Å². The van der Waals surface area contributed by atoms with Crippen LogP contribution in [0.3, 0.4) is 0 Å². The summed E-state index contributed by atoms with van der Waals surface area (Å²) in [5.74, 6) is 0. The van der Waals surface area contributed by atoms with Crippen molar-refractivity contribution in [1.29, 1.82) is 0 Å². The quantitative estimate of drug-likeness (QED) is 0.859. The molecule has 18 heavy (non-hydrogen) atoms. The monoisotopic (exact) mass is 268 g/mol. The average Bonchev–Trinajstić information content (AvgIpc) is 2.28. The fourth-order valence-electron chi connectivity index (χ4n) is 2.72. The van der Waals surface area contributed by atoms with E-state index in [1.807, 2.05) is 0 Å². The Labute approximate surface area is 117 Å². The van der Waals surface area contributed by atoms with Crippen LogP contribution in [0.1, 0.15) is 31.7 Å². The molecule has 2 rings (SSSR count). The predicted octanol–water partition coefficient (Wildman–Crippen LogP) is 3.06. The van der Waals surface area contributed by atoms with Crippen LogP contribution in [0.25, 0.3) is 0 Å². The van der Waals surface area contributed by atoms with Crippen LogP contribution in [-0.2, 0) is 6.54 Å². The summed E-state index contributed by atoms with van der Waals surface area (Å²) in [5, 5.41) is 0. The normalized spacial score (nSPS) is 17.1. The Morgan fingerprint density at radius 3 is 2.39 bits per heavy atom. The number of hydrogen-bond donors (Lipinski definition) is 1. The van der Waals surface area contributed by atoms with Crippen LogP contribution < -0.4 is 5.73 Å². The van der Waals surface area contributed by atoms with Gasteiger partial charge in [0.2, 0.25) is 0 Å². The van der Waals surface area contributed by atoms with Crippen LogP contribution >= 0.6 is 12.4 Å². The molecule has 1 fully saturated rings. The van der Waals surface area contributed by atoms with Gasteiger partial charge in [-0.25, -0.2) is 0 Å². The fraction of sp³-hybridized carbons (Fsp3) is 0.600. The summed E-state index contributed by atoms with van der Waals surface area (Å²) >= 11 is 0. The van der Waals surface area contributed by atoms with Gasteiger partial charge in [0.25, 0.3) is 0 Å². The minimum Gasteiger partial charge on any atom is -0.329 e. The average molecular weight is 269 g/mol. The largest absolute Gasteiger partial charge is 0.329 e. The van der Waals surface area contributed by atoms with Gasteiger partial charge in [-0.3, -0.25) is 4.90 Å². The van der Waals surface area contributed by atoms with Crippen molar-refractivity contribution in [3.05, 3.63) is 35.9 Å². The van der Waals surface area contributed by atoms with Crippen molar-refractivity contribution in [1.82, 2.24) is 4.90 Å². The summed E-state index contributed by atoms with van der Waals surface area (Å²) < 4.78 is 0. The first-order valence-electron chi connectivity index (χ1n) is 6.68. The number of hydrogen-bond acceptors (Lipinski definition) is 2. The van der Waals surface area contributed by atoms with E-state index >= 15 is 0 Å². The molecule has 0 aliphatic heterocycles. The molecular formula is C15H25ClN2. The lowest BCUT2D eigenvalue weighted by Crippen LogP contribution is -2.41. The first kappa shape index (κ1) is 15.5. The molecule has 1 saturated carbocycles. The zero-order valence-corrected chi connectivity index (χ0v) is 12.1. The molecule has 102 valence electrons. The maximum absolute atomic E-state index is 5.72. The Kier molecular flexibility index (Phi) is 6.13. The van der Waals surface area contributed by atoms with Gasteiger partial charge in [0.05, 0.1) is 0 Å². The van der Waals surface area contributed by atoms with Gasteiger partial charge in [-0.2, -0.15) is 0 Å². The number of halogens is 1. The van der Waals surface area contributed by atoms with Crippen molar-refractivity contribution in [3.63, 3.8) is 0 Å². The van der Waals surface area contributed by atoms with Gasteiger partial charge < -0.3 is 5.73 Å². The van der Waals surface area contributed by atoms with Gasteiger partial charge in [-0.15, -0.1) is 12.4 Å². The zero-order chi connectivity index (χ0) is 12.1. The second-order valence-corrected chi connectivity index (χ2v) is 5.65. The van der Waals surface area contributed by atoms with E-state index < -0.39 is 0 Å². The van der Waals surface area contributed by atoms with Crippen LogP contribution in [0.15, 0.2) is 30.3 Å². The summed E-state index contributed by atoms with van der Waals surface area (Å²) in [4.78, 5) is 2.51. The van der Waals surface area contributed by atoms with Crippen molar-refractivity contribution in [2.24, 2.45) is 11.1 Å². The second kappa shape index (κ2) is 7.13. The summed E-state index contributed by atoms with van der Waals surface area (Å²) in [7, 11) is 0. The molecule has 1 aliphatic rings. The Morgan fingerprint density at radius 1 is 1.22 bits per heavy atom. The highest BCUT2D eigenvalue weighted by Crippen LogP contribution is 2.40. The molecule has 0 aromatic heterocycles. The molecule has 3 heteroatoms. The third-order valence-electron chi connectivity index (χ3n) is 3.86. The fourth-order valence-corrected chi connectivity index (χ4v) is 2.72. The number of nitrogens with two attached hydrogens (primary N) is 1. The highest BCUT2D eigenvalue weighted by Gasteiger charge is 2.33. The Balaban J connectivity index is 0.00000162. The van der Waals surface area contributed by atoms with Crippen LogP contribution in [0.2, 0.25) is 0 Å². The van der Waals surface area contributed by atoms with Crippen LogP contribution in [0.4, 0.5) is 0 Å². The maximum atomic E-state index is 5.72. The summed E-state index contributed by atoms with van der Waals surface area (Å²) in [6.07, 6.45) is 4.16. The van der Waals surface area contributed by atoms with Crippen LogP contribution in [-0.4, -0.2) is 24.5 Å². The highest BCUT2D eigenvalue weighted by atomic mass is 35.5. The first-order chi connectivity index (χ1) is 8.22. The maximum Gasteiger partial charge on any atom is 0.0234 e. The third-order valence-corrected chi connectivity index (χ3v) is 3.86. The lowest BCUT2D eigenvalue weighted by molar-refractivity contribution is 0.0828. The van der Waals surface area contributed by atoms with E-state index in [1.165, 1.54) is 31.4 Å². The van der Waals surface area contributed by atoms with Crippen LogP contribution in [0.5, 0.6) is 0 Å². The van der Waals surface area contributed by atoms with Gasteiger partial charge in [-0.05, 0) is 23.8 Å². The van der Waals surface area contributed by atoms with Gasteiger partial charge >= 0.3 is 0 Å². The molecule has 0 amide bonds. The number of nitrogens with zero attached hydrogens (tertiary/aromatic N) is 1. The molecule has 1 aliphatic carbocycles. The van der Waals surface area contributed by atoms with E-state index in [9.17, 15) is 0 Å². The molecule has 2 N–H and O–H groups in total.